The van der Waals surface area contributed by atoms with Crippen molar-refractivity contribution < 1.29 is 19.1 Å². The molecule has 3 rings (SSSR count). The van der Waals surface area contributed by atoms with Crippen molar-refractivity contribution in [1.29, 1.82) is 0 Å². The number of nitrogens with zero attached hydrogens (tertiary/aromatic N) is 1. The summed E-state index contributed by atoms with van der Waals surface area (Å²) in [7, 11) is 0. The monoisotopic (exact) mass is 344 g/mol. The van der Waals surface area contributed by atoms with Crippen LogP contribution < -0.4 is 5.11 Å². The molecule has 2 heterocycles. The molecule has 1 fully saturated rings. The number of aromatic carboxylic acids is 1. The molecule has 1 saturated heterocycles. The Hall–Kier alpha value is -2.38. The first-order valence-electron chi connectivity index (χ1n) is 6.64. The zero-order chi connectivity index (χ0) is 16.4. The fourth-order valence-corrected chi connectivity index (χ4v) is 3.32. The normalized spacial score (nSPS) is 16.3. The van der Waals surface area contributed by atoms with Gasteiger partial charge in [0.1, 0.15) is 10.1 Å². The fourth-order valence-electron chi connectivity index (χ4n) is 2.06. The third-order valence-corrected chi connectivity index (χ3v) is 4.59. The second-order valence-corrected chi connectivity index (χ2v) is 6.43. The van der Waals surface area contributed by atoms with E-state index in [1.165, 1.54) is 28.8 Å². The minimum atomic E-state index is -1.23. The van der Waals surface area contributed by atoms with Gasteiger partial charge in [-0.1, -0.05) is 48.2 Å². The number of carboxylic acid groups (broad SMARTS) is 1. The van der Waals surface area contributed by atoms with Crippen molar-refractivity contribution in [2.75, 3.05) is 0 Å². The predicted molar refractivity (Wildman–Crippen MR) is 88.2 cm³/mol. The molecule has 2 aromatic rings. The van der Waals surface area contributed by atoms with Gasteiger partial charge in [0, 0.05) is 0 Å². The predicted octanol–water partition coefficient (Wildman–Crippen LogP) is 2.04. The van der Waals surface area contributed by atoms with Gasteiger partial charge in [-0.15, -0.1) is 0 Å². The molecule has 0 spiro atoms. The van der Waals surface area contributed by atoms with Crippen molar-refractivity contribution in [2.45, 2.75) is 6.54 Å². The number of furan rings is 1. The van der Waals surface area contributed by atoms with Gasteiger partial charge in [0.25, 0.3) is 5.91 Å². The minimum absolute atomic E-state index is 0.0903. The standard InChI is InChI=1S/C16H11NO4S2/c18-14-13(8-10-3-5-11(6-4-10)15(19)20)23-16(22)17(14)9-12-2-1-7-21-12/h1-8H,9H2,(H,19,20)/p-1/b13-8-. The molecule has 1 amide bonds. The van der Waals surface area contributed by atoms with E-state index in [-0.39, 0.29) is 11.5 Å². The highest BCUT2D eigenvalue weighted by molar-refractivity contribution is 8.26. The summed E-state index contributed by atoms with van der Waals surface area (Å²) in [5, 5.41) is 10.7. The van der Waals surface area contributed by atoms with Crippen molar-refractivity contribution in [2.24, 2.45) is 0 Å². The van der Waals surface area contributed by atoms with Crippen molar-refractivity contribution in [1.82, 2.24) is 4.90 Å². The summed E-state index contributed by atoms with van der Waals surface area (Å²) >= 11 is 6.45. The lowest BCUT2D eigenvalue weighted by Gasteiger charge is -2.11. The Bertz CT molecular complexity index is 794. The van der Waals surface area contributed by atoms with E-state index in [9.17, 15) is 14.7 Å². The molecule has 116 valence electrons. The molecule has 0 radical (unpaired) electrons. The Morgan fingerprint density at radius 1 is 1.30 bits per heavy atom. The average Bonchev–Trinajstić information content (AvgIpc) is 3.12. The van der Waals surface area contributed by atoms with Gasteiger partial charge < -0.3 is 14.3 Å². The summed E-state index contributed by atoms with van der Waals surface area (Å²) < 4.78 is 5.70. The Kier molecular flexibility index (Phi) is 4.31. The van der Waals surface area contributed by atoms with Crippen molar-refractivity contribution >= 4 is 46.3 Å². The summed E-state index contributed by atoms with van der Waals surface area (Å²) in [6, 6.07) is 9.63. The molecule has 0 saturated carbocycles. The van der Waals surface area contributed by atoms with Gasteiger partial charge in [-0.25, -0.2) is 0 Å². The van der Waals surface area contributed by atoms with E-state index in [0.29, 0.717) is 27.1 Å². The smallest absolute Gasteiger partial charge is 0.266 e. The van der Waals surface area contributed by atoms with E-state index >= 15 is 0 Å². The zero-order valence-corrected chi connectivity index (χ0v) is 13.4. The van der Waals surface area contributed by atoms with Gasteiger partial charge in [-0.3, -0.25) is 9.69 Å². The number of hydrogen-bond donors (Lipinski definition) is 0. The lowest BCUT2D eigenvalue weighted by Crippen LogP contribution is -2.27. The van der Waals surface area contributed by atoms with Gasteiger partial charge in [-0.2, -0.15) is 0 Å². The van der Waals surface area contributed by atoms with Crippen LogP contribution in [0.3, 0.4) is 0 Å². The molecule has 1 aliphatic heterocycles. The molecular formula is C16H10NO4S2-. The van der Waals surface area contributed by atoms with Crippen molar-refractivity contribution in [3.63, 3.8) is 0 Å². The van der Waals surface area contributed by atoms with E-state index in [1.807, 2.05) is 0 Å². The topological polar surface area (TPSA) is 73.6 Å². The second-order valence-electron chi connectivity index (χ2n) is 4.76. The first-order chi connectivity index (χ1) is 11.0. The molecule has 7 heteroatoms. The maximum atomic E-state index is 12.4. The van der Waals surface area contributed by atoms with Crippen LogP contribution in [0, 0.1) is 0 Å². The van der Waals surface area contributed by atoms with Gasteiger partial charge in [0.2, 0.25) is 0 Å². The van der Waals surface area contributed by atoms with Crippen LogP contribution in [-0.4, -0.2) is 21.1 Å². The molecule has 0 atom stereocenters. The highest BCUT2D eigenvalue weighted by Gasteiger charge is 2.32. The highest BCUT2D eigenvalue weighted by Crippen LogP contribution is 2.33. The van der Waals surface area contributed by atoms with Crippen molar-refractivity contribution in [3.8, 4) is 0 Å². The van der Waals surface area contributed by atoms with E-state index < -0.39 is 5.97 Å². The second kappa shape index (κ2) is 6.39. The van der Waals surface area contributed by atoms with Gasteiger partial charge in [0.15, 0.2) is 0 Å². The Morgan fingerprint density at radius 3 is 2.65 bits per heavy atom. The summed E-state index contributed by atoms with van der Waals surface area (Å²) in [6.45, 7) is 0.290. The molecule has 0 bridgehead atoms. The van der Waals surface area contributed by atoms with Crippen LogP contribution in [0.2, 0.25) is 0 Å². The van der Waals surface area contributed by atoms with Crippen LogP contribution >= 0.6 is 24.0 Å². The van der Waals surface area contributed by atoms with Gasteiger partial charge >= 0.3 is 0 Å². The SMILES string of the molecule is O=C([O-])c1ccc(/C=C2\SC(=S)N(Cc3ccco3)C2=O)cc1. The number of amides is 1. The number of rotatable bonds is 4. The van der Waals surface area contributed by atoms with E-state index in [0.717, 1.165) is 0 Å². The Labute approximate surface area is 141 Å². The molecule has 0 unspecified atom stereocenters. The van der Waals surface area contributed by atoms with Crippen LogP contribution in [0.25, 0.3) is 6.08 Å². The lowest BCUT2D eigenvalue weighted by molar-refractivity contribution is -0.255. The third-order valence-electron chi connectivity index (χ3n) is 3.21. The maximum Gasteiger partial charge on any atom is 0.266 e. The summed E-state index contributed by atoms with van der Waals surface area (Å²) in [6.07, 6.45) is 3.22. The molecule has 5 nitrogen and oxygen atoms in total. The fraction of sp³-hybridized carbons (Fsp3) is 0.0625. The number of benzene rings is 1. The molecule has 1 aliphatic rings. The number of carboxylic acids is 1. The quantitative estimate of drug-likeness (QED) is 0.624. The van der Waals surface area contributed by atoms with Crippen LogP contribution in [0.4, 0.5) is 0 Å². The van der Waals surface area contributed by atoms with E-state index in [1.54, 1.807) is 36.6 Å². The first kappa shape index (κ1) is 15.5. The zero-order valence-electron chi connectivity index (χ0n) is 11.7. The largest absolute Gasteiger partial charge is 0.545 e. The summed E-state index contributed by atoms with van der Waals surface area (Å²) in [5.74, 6) is -0.775. The van der Waals surface area contributed by atoms with Crippen molar-refractivity contribution in [3.05, 3.63) is 64.5 Å². The van der Waals surface area contributed by atoms with Crippen LogP contribution in [0.5, 0.6) is 0 Å². The Balaban J connectivity index is 1.79. The molecule has 0 N–H and O–H groups in total. The van der Waals surface area contributed by atoms with Crippen LogP contribution in [0.15, 0.2) is 52.0 Å². The summed E-state index contributed by atoms with van der Waals surface area (Å²) in [5.41, 5.74) is 0.806. The number of carbonyl (C=O) groups excluding carboxylic acids is 2. The van der Waals surface area contributed by atoms with Crippen LogP contribution in [0.1, 0.15) is 21.7 Å². The number of thioether (sulfide) groups is 1. The number of carbonyl (C=O) groups is 2. The molecule has 1 aromatic carbocycles. The number of thiocarbonyl (C=S) groups is 1. The summed E-state index contributed by atoms with van der Waals surface area (Å²) in [4.78, 5) is 25.1. The van der Waals surface area contributed by atoms with E-state index in [2.05, 4.69) is 0 Å². The average molecular weight is 344 g/mol. The maximum absolute atomic E-state index is 12.4. The molecule has 0 aliphatic carbocycles. The lowest BCUT2D eigenvalue weighted by atomic mass is 10.1. The van der Waals surface area contributed by atoms with E-state index in [4.69, 9.17) is 16.6 Å². The molecular weight excluding hydrogens is 334 g/mol. The number of hydrogen-bond acceptors (Lipinski definition) is 6. The highest BCUT2D eigenvalue weighted by atomic mass is 32.2. The Morgan fingerprint density at radius 2 is 2.04 bits per heavy atom. The minimum Gasteiger partial charge on any atom is -0.545 e. The third kappa shape index (κ3) is 3.35. The first-order valence-corrected chi connectivity index (χ1v) is 7.86. The molecule has 1 aromatic heterocycles. The molecule has 23 heavy (non-hydrogen) atoms. The van der Waals surface area contributed by atoms with Crippen LogP contribution in [-0.2, 0) is 11.3 Å². The van der Waals surface area contributed by atoms with Gasteiger partial charge in [0.05, 0.1) is 23.7 Å². The van der Waals surface area contributed by atoms with Gasteiger partial charge in [-0.05, 0) is 29.3 Å².